The molecule has 0 fully saturated rings. The molecule has 3 rings (SSSR count). The van der Waals surface area contributed by atoms with Crippen molar-refractivity contribution in [3.05, 3.63) is 40.2 Å². The number of nitrogens with zero attached hydrogens (tertiary/aromatic N) is 2. The van der Waals surface area contributed by atoms with Crippen molar-refractivity contribution in [1.82, 2.24) is 9.97 Å². The molecule has 1 aliphatic carbocycles. The summed E-state index contributed by atoms with van der Waals surface area (Å²) in [6, 6.07) is 2.95. The molecule has 0 bridgehead atoms. The Bertz CT molecular complexity index is 657. The first-order valence-corrected chi connectivity index (χ1v) is 7.01. The number of anilines is 1. The Morgan fingerprint density at radius 1 is 1.30 bits per heavy atom. The van der Waals surface area contributed by atoms with Gasteiger partial charge in [0.2, 0.25) is 5.91 Å². The fourth-order valence-electron chi connectivity index (χ4n) is 2.08. The van der Waals surface area contributed by atoms with Gasteiger partial charge in [-0.15, -0.1) is 11.3 Å². The van der Waals surface area contributed by atoms with E-state index in [-0.39, 0.29) is 17.2 Å². The maximum absolute atomic E-state index is 12.0. The zero-order valence-corrected chi connectivity index (χ0v) is 11.4. The lowest BCUT2D eigenvalue weighted by molar-refractivity contribution is 0.0993. The number of carbonyl (C=O) groups excluding carboxylic acids is 2. The summed E-state index contributed by atoms with van der Waals surface area (Å²) in [5, 5.41) is 3.32. The summed E-state index contributed by atoms with van der Waals surface area (Å²) in [5.41, 5.74) is 6.70. The Morgan fingerprint density at radius 3 is 2.80 bits per heavy atom. The number of hydrogen-bond donors (Lipinski definition) is 2. The third-order valence-corrected chi connectivity index (χ3v) is 4.17. The van der Waals surface area contributed by atoms with Crippen LogP contribution in [0.1, 0.15) is 37.8 Å². The Labute approximate surface area is 119 Å². The van der Waals surface area contributed by atoms with Gasteiger partial charge in [-0.3, -0.25) is 19.9 Å². The predicted molar refractivity (Wildman–Crippen MR) is 74.8 cm³/mol. The van der Waals surface area contributed by atoms with E-state index in [0.717, 1.165) is 25.0 Å². The number of amides is 2. The molecule has 7 heteroatoms. The van der Waals surface area contributed by atoms with Gasteiger partial charge in [0, 0.05) is 11.1 Å². The molecule has 0 saturated heterocycles. The largest absolute Gasteiger partial charge is 0.366 e. The van der Waals surface area contributed by atoms with Crippen LogP contribution in [-0.4, -0.2) is 21.8 Å². The van der Waals surface area contributed by atoms with Crippen LogP contribution in [0.15, 0.2) is 18.3 Å². The summed E-state index contributed by atoms with van der Waals surface area (Å²) >= 11 is 1.51. The van der Waals surface area contributed by atoms with Crippen molar-refractivity contribution >= 4 is 28.3 Å². The summed E-state index contributed by atoms with van der Waals surface area (Å²) in [6.07, 6.45) is 4.44. The number of pyridine rings is 1. The second-order valence-electron chi connectivity index (χ2n) is 4.49. The lowest BCUT2D eigenvalue weighted by Crippen LogP contribution is -2.16. The number of rotatable bonds is 3. The van der Waals surface area contributed by atoms with E-state index in [1.165, 1.54) is 34.5 Å². The number of fused-ring (bicyclic) bond motifs is 1. The minimum atomic E-state index is -0.569. The molecule has 0 aliphatic heterocycles. The van der Waals surface area contributed by atoms with Gasteiger partial charge in [-0.05, 0) is 31.4 Å². The maximum atomic E-state index is 12.0. The monoisotopic (exact) mass is 288 g/mol. The van der Waals surface area contributed by atoms with Crippen LogP contribution in [0.2, 0.25) is 0 Å². The van der Waals surface area contributed by atoms with Crippen LogP contribution >= 0.6 is 11.3 Å². The highest BCUT2D eigenvalue weighted by molar-refractivity contribution is 7.15. The van der Waals surface area contributed by atoms with E-state index in [1.54, 1.807) is 0 Å². The molecule has 0 radical (unpaired) electrons. The number of nitrogens with one attached hydrogen (secondary N) is 1. The fourth-order valence-corrected chi connectivity index (χ4v) is 3.12. The van der Waals surface area contributed by atoms with Crippen LogP contribution in [0.4, 0.5) is 5.13 Å². The van der Waals surface area contributed by atoms with Gasteiger partial charge in [0.25, 0.3) is 5.91 Å². The molecule has 0 aromatic carbocycles. The number of aryl methyl sites for hydroxylation is 2. The van der Waals surface area contributed by atoms with Gasteiger partial charge in [0.05, 0.1) is 11.3 Å². The molecule has 1 aliphatic rings. The average molecular weight is 288 g/mol. The lowest BCUT2D eigenvalue weighted by Gasteiger charge is -2.01. The molecular formula is C13H12N4O2S. The predicted octanol–water partition coefficient (Wildman–Crippen LogP) is 1.38. The topological polar surface area (TPSA) is 98.0 Å². The minimum Gasteiger partial charge on any atom is -0.366 e. The fraction of sp³-hybridized carbons (Fsp3) is 0.231. The number of hydrogen-bond acceptors (Lipinski definition) is 5. The Morgan fingerprint density at radius 2 is 2.15 bits per heavy atom. The van der Waals surface area contributed by atoms with Crippen LogP contribution in [0.3, 0.4) is 0 Å². The van der Waals surface area contributed by atoms with E-state index in [9.17, 15) is 9.59 Å². The first-order valence-electron chi connectivity index (χ1n) is 6.19. The zero-order chi connectivity index (χ0) is 14.1. The molecule has 2 amide bonds. The molecule has 0 spiro atoms. The van der Waals surface area contributed by atoms with E-state index in [1.807, 2.05) is 0 Å². The first kappa shape index (κ1) is 12.7. The van der Waals surface area contributed by atoms with E-state index in [2.05, 4.69) is 15.3 Å². The van der Waals surface area contributed by atoms with Gasteiger partial charge >= 0.3 is 0 Å². The molecule has 2 heterocycles. The highest BCUT2D eigenvalue weighted by Crippen LogP contribution is 2.30. The molecule has 2 aromatic rings. The third kappa shape index (κ3) is 2.39. The summed E-state index contributed by atoms with van der Waals surface area (Å²) in [6.45, 7) is 0. The summed E-state index contributed by atoms with van der Waals surface area (Å²) in [4.78, 5) is 32.5. The Balaban J connectivity index is 1.73. The van der Waals surface area contributed by atoms with Crippen LogP contribution in [0, 0.1) is 0 Å². The number of thiazole rings is 1. The van der Waals surface area contributed by atoms with Crippen LogP contribution in [0.5, 0.6) is 0 Å². The number of aromatic nitrogens is 2. The molecule has 3 N–H and O–H groups in total. The van der Waals surface area contributed by atoms with Gasteiger partial charge in [-0.1, -0.05) is 0 Å². The number of primary amides is 1. The highest BCUT2D eigenvalue weighted by atomic mass is 32.1. The van der Waals surface area contributed by atoms with Crippen molar-refractivity contribution < 1.29 is 9.59 Å². The summed E-state index contributed by atoms with van der Waals surface area (Å²) < 4.78 is 0. The average Bonchev–Trinajstić information content (AvgIpc) is 2.99. The lowest BCUT2D eigenvalue weighted by atomic mass is 10.2. The first-order chi connectivity index (χ1) is 9.63. The maximum Gasteiger partial charge on any atom is 0.276 e. The van der Waals surface area contributed by atoms with E-state index in [4.69, 9.17) is 5.73 Å². The van der Waals surface area contributed by atoms with Crippen LogP contribution in [0.25, 0.3) is 0 Å². The van der Waals surface area contributed by atoms with Gasteiger partial charge in [0.15, 0.2) is 5.13 Å². The molecule has 6 nitrogen and oxygen atoms in total. The Kier molecular flexibility index (Phi) is 3.19. The number of carbonyl (C=O) groups is 2. The van der Waals surface area contributed by atoms with Crippen LogP contribution in [-0.2, 0) is 12.8 Å². The molecule has 0 unspecified atom stereocenters. The highest BCUT2D eigenvalue weighted by Gasteiger charge is 2.18. The molecule has 2 aromatic heterocycles. The minimum absolute atomic E-state index is 0.227. The quantitative estimate of drug-likeness (QED) is 0.891. The van der Waals surface area contributed by atoms with Crippen LogP contribution < -0.4 is 11.1 Å². The van der Waals surface area contributed by atoms with Gasteiger partial charge in [0.1, 0.15) is 5.69 Å². The third-order valence-electron chi connectivity index (χ3n) is 3.10. The molecule has 0 saturated carbocycles. The van der Waals surface area contributed by atoms with Crippen molar-refractivity contribution in [2.24, 2.45) is 5.73 Å². The smallest absolute Gasteiger partial charge is 0.276 e. The molecule has 102 valence electrons. The number of nitrogens with two attached hydrogens (primary N) is 1. The van der Waals surface area contributed by atoms with Crippen molar-refractivity contribution in [3.8, 4) is 0 Å². The summed E-state index contributed by atoms with van der Waals surface area (Å²) in [5.74, 6) is -0.908. The van der Waals surface area contributed by atoms with E-state index < -0.39 is 5.91 Å². The molecule has 0 atom stereocenters. The Hall–Kier alpha value is -2.28. The summed E-state index contributed by atoms with van der Waals surface area (Å²) in [7, 11) is 0. The van der Waals surface area contributed by atoms with Crippen molar-refractivity contribution in [1.29, 1.82) is 0 Å². The molecular weight excluding hydrogens is 276 g/mol. The van der Waals surface area contributed by atoms with Gasteiger partial charge in [-0.25, -0.2) is 4.98 Å². The SMILES string of the molecule is NC(=O)c1ccc(C(=O)Nc2nc3c(s2)CCC3)nc1. The van der Waals surface area contributed by atoms with E-state index >= 15 is 0 Å². The van der Waals surface area contributed by atoms with Gasteiger partial charge in [-0.2, -0.15) is 0 Å². The van der Waals surface area contributed by atoms with Gasteiger partial charge < -0.3 is 5.73 Å². The second kappa shape index (κ2) is 5.01. The zero-order valence-electron chi connectivity index (χ0n) is 10.5. The second-order valence-corrected chi connectivity index (χ2v) is 5.58. The molecule has 20 heavy (non-hydrogen) atoms. The van der Waals surface area contributed by atoms with E-state index in [0.29, 0.717) is 5.13 Å². The van der Waals surface area contributed by atoms with Crippen molar-refractivity contribution in [2.75, 3.05) is 5.32 Å². The normalized spacial score (nSPS) is 13.0. The van der Waals surface area contributed by atoms with Crippen molar-refractivity contribution in [3.63, 3.8) is 0 Å². The van der Waals surface area contributed by atoms with Crippen molar-refractivity contribution in [2.45, 2.75) is 19.3 Å². The standard InChI is InChI=1S/C13H12N4O2S/c14-11(18)7-4-5-9(15-6-7)12(19)17-13-16-8-2-1-3-10(8)20-13/h4-6H,1-3H2,(H2,14,18)(H,16,17,19).